The molecule has 5 nitrogen and oxygen atoms in total. The maximum absolute atomic E-state index is 13.0. The summed E-state index contributed by atoms with van der Waals surface area (Å²) >= 11 is 1.36. The highest BCUT2D eigenvalue weighted by Gasteiger charge is 2.11. The van der Waals surface area contributed by atoms with Gasteiger partial charge in [0.2, 0.25) is 5.91 Å². The summed E-state index contributed by atoms with van der Waals surface area (Å²) in [6.45, 7) is 3.48. The lowest BCUT2D eigenvalue weighted by molar-refractivity contribution is -0.116. The van der Waals surface area contributed by atoms with Gasteiger partial charge in [-0.15, -0.1) is 0 Å². The number of aromatic amines is 1. The third-order valence-corrected chi connectivity index (χ3v) is 4.04. The molecule has 0 atom stereocenters. The fraction of sp³-hybridized carbons (Fsp3) is 0.312. The molecular weight excluding hydrogens is 317 g/mol. The van der Waals surface area contributed by atoms with Crippen molar-refractivity contribution in [1.29, 1.82) is 0 Å². The van der Waals surface area contributed by atoms with Gasteiger partial charge in [-0.1, -0.05) is 11.8 Å². The summed E-state index contributed by atoms with van der Waals surface area (Å²) in [5.41, 5.74) is 2.14. The fourth-order valence-electron chi connectivity index (χ4n) is 2.19. The van der Waals surface area contributed by atoms with E-state index in [0.717, 1.165) is 0 Å². The van der Waals surface area contributed by atoms with Crippen molar-refractivity contribution in [1.82, 2.24) is 9.97 Å². The Morgan fingerprint density at radius 1 is 1.39 bits per heavy atom. The zero-order valence-electron chi connectivity index (χ0n) is 13.2. The zero-order valence-corrected chi connectivity index (χ0v) is 14.0. The Morgan fingerprint density at radius 3 is 2.74 bits per heavy atom. The van der Waals surface area contributed by atoms with E-state index in [2.05, 4.69) is 15.3 Å². The first-order chi connectivity index (χ1) is 10.9. The van der Waals surface area contributed by atoms with Crippen LogP contribution >= 0.6 is 11.8 Å². The highest BCUT2D eigenvalue weighted by molar-refractivity contribution is 7.98. The highest BCUT2D eigenvalue weighted by Crippen LogP contribution is 2.16. The molecule has 1 aromatic carbocycles. The van der Waals surface area contributed by atoms with Gasteiger partial charge in [0.15, 0.2) is 5.16 Å². The van der Waals surface area contributed by atoms with E-state index in [0.29, 0.717) is 34.1 Å². The van der Waals surface area contributed by atoms with Crippen LogP contribution in [-0.4, -0.2) is 22.1 Å². The van der Waals surface area contributed by atoms with E-state index in [1.54, 1.807) is 13.8 Å². The third kappa shape index (κ3) is 4.41. The van der Waals surface area contributed by atoms with Crippen LogP contribution in [0.1, 0.15) is 23.2 Å². The molecule has 0 radical (unpaired) electrons. The Morgan fingerprint density at radius 2 is 2.13 bits per heavy atom. The monoisotopic (exact) mass is 335 g/mol. The first-order valence-electron chi connectivity index (χ1n) is 7.10. The normalized spacial score (nSPS) is 10.6. The number of aromatic nitrogens is 2. The molecule has 0 saturated carbocycles. The summed E-state index contributed by atoms with van der Waals surface area (Å²) in [6.07, 6.45) is 2.28. The van der Waals surface area contributed by atoms with Gasteiger partial charge in [0.05, 0.1) is 0 Å². The molecule has 0 aliphatic carbocycles. The highest BCUT2D eigenvalue weighted by atomic mass is 32.2. The van der Waals surface area contributed by atoms with Gasteiger partial charge in [-0.05, 0) is 50.3 Å². The Kier molecular flexibility index (Phi) is 5.54. The summed E-state index contributed by atoms with van der Waals surface area (Å²) < 4.78 is 13.0. The second-order valence-corrected chi connectivity index (χ2v) is 5.94. The van der Waals surface area contributed by atoms with E-state index >= 15 is 0 Å². The van der Waals surface area contributed by atoms with Crippen LogP contribution < -0.4 is 10.9 Å². The standard InChI is InChI=1S/C16H18FN3O2S/c1-9-8-11(17)4-6-13(9)19-14(21)7-5-12-10(2)18-16(23-3)20-15(12)22/h4,6,8H,5,7H2,1-3H3,(H,19,21)(H,18,20,22). The first kappa shape index (κ1) is 17.2. The number of benzene rings is 1. The molecule has 23 heavy (non-hydrogen) atoms. The van der Waals surface area contributed by atoms with Crippen LogP contribution in [0.15, 0.2) is 28.2 Å². The molecule has 0 bridgehead atoms. The molecule has 2 rings (SSSR count). The van der Waals surface area contributed by atoms with Crippen LogP contribution in [-0.2, 0) is 11.2 Å². The average molecular weight is 335 g/mol. The number of halogens is 1. The minimum atomic E-state index is -0.345. The van der Waals surface area contributed by atoms with Gasteiger partial charge in [-0.2, -0.15) is 0 Å². The van der Waals surface area contributed by atoms with E-state index in [1.807, 2.05) is 6.26 Å². The molecule has 7 heteroatoms. The van der Waals surface area contributed by atoms with Crippen molar-refractivity contribution < 1.29 is 9.18 Å². The smallest absolute Gasteiger partial charge is 0.254 e. The van der Waals surface area contributed by atoms with Crippen molar-refractivity contribution in [3.8, 4) is 0 Å². The molecule has 1 amide bonds. The predicted octanol–water partition coefficient (Wildman–Crippen LogP) is 2.82. The molecule has 0 fully saturated rings. The van der Waals surface area contributed by atoms with E-state index in [-0.39, 0.29) is 23.7 Å². The quantitative estimate of drug-likeness (QED) is 0.651. The second-order valence-electron chi connectivity index (χ2n) is 5.15. The predicted molar refractivity (Wildman–Crippen MR) is 89.5 cm³/mol. The summed E-state index contributed by atoms with van der Waals surface area (Å²) in [5, 5.41) is 3.28. The van der Waals surface area contributed by atoms with Gasteiger partial charge >= 0.3 is 0 Å². The average Bonchev–Trinajstić information content (AvgIpc) is 2.49. The van der Waals surface area contributed by atoms with Crippen molar-refractivity contribution in [3.63, 3.8) is 0 Å². The number of hydrogen-bond acceptors (Lipinski definition) is 4. The largest absolute Gasteiger partial charge is 0.326 e. The molecular formula is C16H18FN3O2S. The number of anilines is 1. The number of hydrogen-bond donors (Lipinski definition) is 2. The SMILES string of the molecule is CSc1nc(C)c(CCC(=O)Nc2ccc(F)cc2C)c(=O)[nH]1. The molecule has 0 saturated heterocycles. The van der Waals surface area contributed by atoms with Gasteiger partial charge in [0, 0.05) is 23.4 Å². The van der Waals surface area contributed by atoms with Crippen molar-refractivity contribution in [3.05, 3.63) is 51.2 Å². The van der Waals surface area contributed by atoms with E-state index in [4.69, 9.17) is 0 Å². The minimum Gasteiger partial charge on any atom is -0.326 e. The molecule has 2 aromatic rings. The lowest BCUT2D eigenvalue weighted by Gasteiger charge is -2.09. The maximum atomic E-state index is 13.0. The van der Waals surface area contributed by atoms with Crippen LogP contribution in [0.2, 0.25) is 0 Å². The van der Waals surface area contributed by atoms with Crippen LogP contribution in [0.3, 0.4) is 0 Å². The molecule has 122 valence electrons. The first-order valence-corrected chi connectivity index (χ1v) is 8.33. The van der Waals surface area contributed by atoms with Crippen molar-refractivity contribution in [2.24, 2.45) is 0 Å². The van der Waals surface area contributed by atoms with Crippen molar-refractivity contribution in [2.75, 3.05) is 11.6 Å². The van der Waals surface area contributed by atoms with Gasteiger partial charge in [0.25, 0.3) is 5.56 Å². The fourth-order valence-corrected chi connectivity index (χ4v) is 2.62. The van der Waals surface area contributed by atoms with Gasteiger partial charge in [-0.25, -0.2) is 9.37 Å². The molecule has 1 aromatic heterocycles. The maximum Gasteiger partial charge on any atom is 0.254 e. The molecule has 0 aliphatic heterocycles. The Hall–Kier alpha value is -2.15. The van der Waals surface area contributed by atoms with Crippen LogP contribution in [0.5, 0.6) is 0 Å². The topological polar surface area (TPSA) is 74.8 Å². The third-order valence-electron chi connectivity index (χ3n) is 3.46. The van der Waals surface area contributed by atoms with E-state index in [1.165, 1.54) is 30.0 Å². The number of aryl methyl sites for hydroxylation is 2. The zero-order chi connectivity index (χ0) is 17.0. The lowest BCUT2D eigenvalue weighted by Crippen LogP contribution is -2.20. The number of amides is 1. The summed E-state index contributed by atoms with van der Waals surface area (Å²) in [4.78, 5) is 31.0. The summed E-state index contributed by atoms with van der Waals surface area (Å²) in [5.74, 6) is -0.574. The number of nitrogens with one attached hydrogen (secondary N) is 2. The van der Waals surface area contributed by atoms with Crippen molar-refractivity contribution >= 4 is 23.4 Å². The molecule has 0 aliphatic rings. The van der Waals surface area contributed by atoms with Crippen LogP contribution in [0.4, 0.5) is 10.1 Å². The number of nitrogens with zero attached hydrogens (tertiary/aromatic N) is 1. The summed E-state index contributed by atoms with van der Waals surface area (Å²) in [7, 11) is 0. The molecule has 0 unspecified atom stereocenters. The number of H-pyrrole nitrogens is 1. The second kappa shape index (κ2) is 7.41. The lowest BCUT2D eigenvalue weighted by atomic mass is 10.1. The Bertz CT molecular complexity index is 789. The number of thioether (sulfide) groups is 1. The van der Waals surface area contributed by atoms with Gasteiger partial charge in [-0.3, -0.25) is 9.59 Å². The number of carbonyl (C=O) groups is 1. The van der Waals surface area contributed by atoms with Crippen molar-refractivity contribution in [2.45, 2.75) is 31.8 Å². The van der Waals surface area contributed by atoms with E-state index < -0.39 is 0 Å². The molecule has 1 heterocycles. The van der Waals surface area contributed by atoms with E-state index in [9.17, 15) is 14.0 Å². The summed E-state index contributed by atoms with van der Waals surface area (Å²) in [6, 6.07) is 4.17. The van der Waals surface area contributed by atoms with Gasteiger partial charge < -0.3 is 10.3 Å². The molecule has 2 N–H and O–H groups in total. The minimum absolute atomic E-state index is 0.154. The Balaban J connectivity index is 2.03. The van der Waals surface area contributed by atoms with Crippen LogP contribution in [0, 0.1) is 19.7 Å². The van der Waals surface area contributed by atoms with Crippen LogP contribution in [0.25, 0.3) is 0 Å². The molecule has 0 spiro atoms. The Labute approximate surface area is 137 Å². The van der Waals surface area contributed by atoms with Gasteiger partial charge in [0.1, 0.15) is 5.82 Å². The number of carbonyl (C=O) groups excluding carboxylic acids is 1. The number of rotatable bonds is 5.